The highest BCUT2D eigenvalue weighted by atomic mass is 14.5. The third-order valence-electron chi connectivity index (χ3n) is 2.38. The van der Waals surface area contributed by atoms with Gasteiger partial charge in [-0.2, -0.15) is 0 Å². The lowest BCUT2D eigenvalue weighted by Gasteiger charge is -2.08. The third-order valence-corrected chi connectivity index (χ3v) is 2.38. The smallest absolute Gasteiger partial charge is 0.00515 e. The van der Waals surface area contributed by atoms with E-state index in [1.807, 2.05) is 0 Å². The molecule has 0 fully saturated rings. The Bertz CT molecular complexity index is 89.0. The summed E-state index contributed by atoms with van der Waals surface area (Å²) >= 11 is 0. The summed E-state index contributed by atoms with van der Waals surface area (Å²) in [7, 11) is 0. The molecule has 1 unspecified atom stereocenters. The highest BCUT2D eigenvalue weighted by Gasteiger charge is 1.98. The predicted molar refractivity (Wildman–Crippen MR) is 56.1 cm³/mol. The molecule has 1 heteroatoms. The molecule has 0 heterocycles. The first-order chi connectivity index (χ1) is 5.66. The van der Waals surface area contributed by atoms with Gasteiger partial charge in [0.15, 0.2) is 0 Å². The molecule has 74 valence electrons. The van der Waals surface area contributed by atoms with Gasteiger partial charge in [0.1, 0.15) is 0 Å². The molecule has 0 bridgehead atoms. The first-order valence-corrected chi connectivity index (χ1v) is 5.37. The highest BCUT2D eigenvalue weighted by molar-refractivity contribution is 4.54. The molecule has 0 spiro atoms. The van der Waals surface area contributed by atoms with Gasteiger partial charge < -0.3 is 5.73 Å². The lowest BCUT2D eigenvalue weighted by Crippen LogP contribution is -2.10. The van der Waals surface area contributed by atoms with E-state index in [1.54, 1.807) is 0 Å². The maximum Gasteiger partial charge on any atom is -0.00515 e. The number of unbranched alkanes of at least 4 members (excludes halogenated alkanes) is 2. The zero-order chi connectivity index (χ0) is 9.40. The maximum atomic E-state index is 5.53. The number of hydrogen-bond donors (Lipinski definition) is 1. The minimum absolute atomic E-state index is 0.726. The molecule has 0 aromatic carbocycles. The Kier molecular flexibility index (Phi) is 7.58. The average Bonchev–Trinajstić information content (AvgIpc) is 2.03. The first kappa shape index (κ1) is 12.0. The minimum atomic E-state index is 0.726. The topological polar surface area (TPSA) is 26.0 Å². The van der Waals surface area contributed by atoms with Gasteiger partial charge in [0, 0.05) is 0 Å². The monoisotopic (exact) mass is 171 g/mol. The summed E-state index contributed by atoms with van der Waals surface area (Å²) in [4.78, 5) is 0. The SMILES string of the molecule is CC(C)CCCCCC(C)CN. The number of nitrogens with two attached hydrogens (primary N) is 1. The van der Waals surface area contributed by atoms with Crippen LogP contribution in [0.2, 0.25) is 0 Å². The molecule has 0 aliphatic rings. The summed E-state index contributed by atoms with van der Waals surface area (Å²) in [5, 5.41) is 0. The Hall–Kier alpha value is -0.0400. The van der Waals surface area contributed by atoms with E-state index in [-0.39, 0.29) is 0 Å². The van der Waals surface area contributed by atoms with Crippen LogP contribution >= 0.6 is 0 Å². The molecule has 0 aromatic rings. The van der Waals surface area contributed by atoms with Crippen LogP contribution < -0.4 is 5.73 Å². The van der Waals surface area contributed by atoms with Crippen LogP contribution in [0.1, 0.15) is 52.9 Å². The Labute approximate surface area is 77.7 Å². The van der Waals surface area contributed by atoms with Crippen molar-refractivity contribution in [1.29, 1.82) is 0 Å². The molecular weight excluding hydrogens is 146 g/mol. The van der Waals surface area contributed by atoms with E-state index in [4.69, 9.17) is 5.73 Å². The van der Waals surface area contributed by atoms with Crippen LogP contribution in [0.15, 0.2) is 0 Å². The second-order valence-electron chi connectivity index (χ2n) is 4.37. The Morgan fingerprint density at radius 2 is 1.50 bits per heavy atom. The van der Waals surface area contributed by atoms with Crippen molar-refractivity contribution in [2.75, 3.05) is 6.54 Å². The Balaban J connectivity index is 3.00. The third kappa shape index (κ3) is 8.06. The second-order valence-corrected chi connectivity index (χ2v) is 4.37. The van der Waals surface area contributed by atoms with Crippen LogP contribution in [0.3, 0.4) is 0 Å². The fourth-order valence-corrected chi connectivity index (χ4v) is 1.34. The second kappa shape index (κ2) is 7.60. The van der Waals surface area contributed by atoms with Crippen molar-refractivity contribution in [2.24, 2.45) is 17.6 Å². The molecule has 1 atom stereocenters. The van der Waals surface area contributed by atoms with Crippen molar-refractivity contribution in [3.8, 4) is 0 Å². The van der Waals surface area contributed by atoms with E-state index in [0.29, 0.717) is 0 Å². The van der Waals surface area contributed by atoms with Crippen molar-refractivity contribution >= 4 is 0 Å². The summed E-state index contributed by atoms with van der Waals surface area (Å²) in [6, 6.07) is 0. The molecule has 0 aliphatic carbocycles. The lowest BCUT2D eigenvalue weighted by atomic mass is 10.0. The van der Waals surface area contributed by atoms with Gasteiger partial charge in [-0.05, 0) is 24.8 Å². The molecule has 0 saturated heterocycles. The minimum Gasteiger partial charge on any atom is -0.330 e. The zero-order valence-electron chi connectivity index (χ0n) is 8.97. The summed E-state index contributed by atoms with van der Waals surface area (Å²) in [5.41, 5.74) is 5.53. The summed E-state index contributed by atoms with van der Waals surface area (Å²) in [6.07, 6.45) is 6.86. The maximum absolute atomic E-state index is 5.53. The lowest BCUT2D eigenvalue weighted by molar-refractivity contribution is 0.472. The van der Waals surface area contributed by atoms with Crippen LogP contribution in [0.5, 0.6) is 0 Å². The van der Waals surface area contributed by atoms with Gasteiger partial charge >= 0.3 is 0 Å². The van der Waals surface area contributed by atoms with Crippen LogP contribution in [-0.2, 0) is 0 Å². The van der Waals surface area contributed by atoms with Crippen LogP contribution in [0.4, 0.5) is 0 Å². The van der Waals surface area contributed by atoms with E-state index in [9.17, 15) is 0 Å². The van der Waals surface area contributed by atoms with E-state index in [2.05, 4.69) is 20.8 Å². The van der Waals surface area contributed by atoms with Gasteiger partial charge in [0.2, 0.25) is 0 Å². The molecule has 1 nitrogen and oxygen atoms in total. The molecule has 0 amide bonds. The van der Waals surface area contributed by atoms with Crippen molar-refractivity contribution in [2.45, 2.75) is 52.9 Å². The molecule has 2 N–H and O–H groups in total. The molecule has 0 saturated carbocycles. The summed E-state index contributed by atoms with van der Waals surface area (Å²) < 4.78 is 0. The normalized spacial score (nSPS) is 13.8. The van der Waals surface area contributed by atoms with Gasteiger partial charge in [-0.1, -0.05) is 46.5 Å². The van der Waals surface area contributed by atoms with Crippen molar-refractivity contribution in [3.63, 3.8) is 0 Å². The van der Waals surface area contributed by atoms with E-state index >= 15 is 0 Å². The van der Waals surface area contributed by atoms with Gasteiger partial charge in [0.05, 0.1) is 0 Å². The van der Waals surface area contributed by atoms with Gasteiger partial charge in [-0.3, -0.25) is 0 Å². The highest BCUT2D eigenvalue weighted by Crippen LogP contribution is 2.12. The predicted octanol–water partition coefficient (Wildman–Crippen LogP) is 3.19. The quantitative estimate of drug-likeness (QED) is 0.585. The van der Waals surface area contributed by atoms with E-state index in [1.165, 1.54) is 32.1 Å². The number of rotatable bonds is 7. The molecule has 12 heavy (non-hydrogen) atoms. The van der Waals surface area contributed by atoms with Gasteiger partial charge in [-0.25, -0.2) is 0 Å². The van der Waals surface area contributed by atoms with Gasteiger partial charge in [0.25, 0.3) is 0 Å². The standard InChI is InChI=1S/C11H25N/c1-10(2)7-5-4-6-8-11(3)9-12/h10-11H,4-9,12H2,1-3H3. The molecule has 0 aromatic heterocycles. The van der Waals surface area contributed by atoms with Crippen LogP contribution in [0.25, 0.3) is 0 Å². The van der Waals surface area contributed by atoms with Crippen LogP contribution in [-0.4, -0.2) is 6.54 Å². The first-order valence-electron chi connectivity index (χ1n) is 5.37. The van der Waals surface area contributed by atoms with Gasteiger partial charge in [-0.15, -0.1) is 0 Å². The van der Waals surface area contributed by atoms with E-state index < -0.39 is 0 Å². The average molecular weight is 171 g/mol. The fourth-order valence-electron chi connectivity index (χ4n) is 1.34. The summed E-state index contributed by atoms with van der Waals surface area (Å²) in [5.74, 6) is 1.60. The summed E-state index contributed by atoms with van der Waals surface area (Å²) in [6.45, 7) is 7.68. The fraction of sp³-hybridized carbons (Fsp3) is 1.00. The Morgan fingerprint density at radius 3 is 2.00 bits per heavy atom. The molecule has 0 radical (unpaired) electrons. The van der Waals surface area contributed by atoms with Crippen molar-refractivity contribution in [1.82, 2.24) is 0 Å². The molecule has 0 rings (SSSR count). The van der Waals surface area contributed by atoms with E-state index in [0.717, 1.165) is 18.4 Å². The zero-order valence-corrected chi connectivity index (χ0v) is 8.97. The molecule has 0 aliphatic heterocycles. The van der Waals surface area contributed by atoms with Crippen molar-refractivity contribution < 1.29 is 0 Å². The number of hydrogen-bond acceptors (Lipinski definition) is 1. The van der Waals surface area contributed by atoms with Crippen LogP contribution in [0, 0.1) is 11.8 Å². The Morgan fingerprint density at radius 1 is 0.917 bits per heavy atom. The van der Waals surface area contributed by atoms with Crippen molar-refractivity contribution in [3.05, 3.63) is 0 Å². The molecular formula is C11H25N. The largest absolute Gasteiger partial charge is 0.330 e.